The van der Waals surface area contributed by atoms with E-state index in [-0.39, 0.29) is 12.4 Å². The van der Waals surface area contributed by atoms with Gasteiger partial charge in [-0.05, 0) is 35.2 Å². The topological polar surface area (TPSA) is 18.5 Å². The number of benzene rings is 2. The zero-order valence-electron chi connectivity index (χ0n) is 14.5. The van der Waals surface area contributed by atoms with Gasteiger partial charge in [-0.2, -0.15) is 0 Å². The molecule has 1 unspecified atom stereocenters. The van der Waals surface area contributed by atoms with Crippen LogP contribution in [0.1, 0.15) is 23.6 Å². The second kappa shape index (κ2) is 7.08. The van der Waals surface area contributed by atoms with Gasteiger partial charge in [-0.1, -0.05) is 48.5 Å². The van der Waals surface area contributed by atoms with Gasteiger partial charge in [0.15, 0.2) is 0 Å². The van der Waals surface area contributed by atoms with Gasteiger partial charge in [0.2, 0.25) is 0 Å². The Morgan fingerprint density at radius 1 is 0.760 bits per heavy atom. The zero-order chi connectivity index (χ0) is 15.9. The average molecular weight is 356 g/mol. The predicted octanol–water partition coefficient (Wildman–Crippen LogP) is 3.16. The maximum atomic E-state index is 3.51. The molecule has 4 heteroatoms. The van der Waals surface area contributed by atoms with Crippen LogP contribution in [0.4, 0.5) is 0 Å². The molecule has 3 aliphatic rings. The van der Waals surface area contributed by atoms with Crippen molar-refractivity contribution in [2.45, 2.75) is 18.5 Å². The van der Waals surface area contributed by atoms with E-state index in [9.17, 15) is 0 Å². The van der Waals surface area contributed by atoms with Crippen molar-refractivity contribution < 1.29 is 0 Å². The van der Waals surface area contributed by atoms with E-state index in [0.717, 1.165) is 6.04 Å². The number of hydrogen-bond acceptors (Lipinski definition) is 3. The highest BCUT2D eigenvalue weighted by molar-refractivity contribution is 5.85. The standard InChI is InChI=1S/C21H25N3.ClH/c1-3-7-19-17(5-1)18-6-2-4-8-20(18)21(19)24-13-11-23(12-14-24)16-9-10-22-15-16;/h1-8,16,21-22H,9-15H2;1H. The summed E-state index contributed by atoms with van der Waals surface area (Å²) in [6.07, 6.45) is 1.31. The number of piperazine rings is 1. The van der Waals surface area contributed by atoms with Crippen molar-refractivity contribution in [3.63, 3.8) is 0 Å². The molecule has 0 aromatic heterocycles. The SMILES string of the molecule is Cl.c1ccc2c(c1)-c1ccccc1C2N1CCN(C2CCNC2)CC1. The highest BCUT2D eigenvalue weighted by atomic mass is 35.5. The smallest absolute Gasteiger partial charge is 0.0614 e. The number of hydrogen-bond donors (Lipinski definition) is 1. The van der Waals surface area contributed by atoms with Crippen molar-refractivity contribution in [1.29, 1.82) is 0 Å². The van der Waals surface area contributed by atoms with E-state index in [2.05, 4.69) is 63.6 Å². The molecule has 2 aromatic carbocycles. The van der Waals surface area contributed by atoms with Gasteiger partial charge in [0, 0.05) is 38.8 Å². The highest BCUT2D eigenvalue weighted by Gasteiger charge is 2.35. The van der Waals surface area contributed by atoms with Crippen molar-refractivity contribution in [3.05, 3.63) is 59.7 Å². The lowest BCUT2D eigenvalue weighted by molar-refractivity contribution is 0.0854. The van der Waals surface area contributed by atoms with E-state index in [1.165, 1.54) is 67.9 Å². The second-order valence-electron chi connectivity index (χ2n) is 7.30. The Bertz CT molecular complexity index is 688. The lowest BCUT2D eigenvalue weighted by Crippen LogP contribution is -2.51. The maximum Gasteiger partial charge on any atom is 0.0614 e. The van der Waals surface area contributed by atoms with E-state index >= 15 is 0 Å². The largest absolute Gasteiger partial charge is 0.315 e. The van der Waals surface area contributed by atoms with Gasteiger partial charge in [0.25, 0.3) is 0 Å². The lowest BCUT2D eigenvalue weighted by Gasteiger charge is -2.41. The first-order valence-corrected chi connectivity index (χ1v) is 9.29. The van der Waals surface area contributed by atoms with Gasteiger partial charge in [-0.15, -0.1) is 12.4 Å². The van der Waals surface area contributed by atoms with Crippen LogP contribution < -0.4 is 5.32 Å². The van der Waals surface area contributed by atoms with Crippen molar-refractivity contribution in [2.75, 3.05) is 39.3 Å². The molecule has 0 radical (unpaired) electrons. The molecule has 132 valence electrons. The Morgan fingerprint density at radius 3 is 1.88 bits per heavy atom. The van der Waals surface area contributed by atoms with Gasteiger partial charge in [0.05, 0.1) is 6.04 Å². The summed E-state index contributed by atoms with van der Waals surface area (Å²) < 4.78 is 0. The van der Waals surface area contributed by atoms with Gasteiger partial charge in [-0.25, -0.2) is 0 Å². The van der Waals surface area contributed by atoms with E-state index in [4.69, 9.17) is 0 Å². The minimum absolute atomic E-state index is 0. The fourth-order valence-corrected chi connectivity index (χ4v) is 4.83. The van der Waals surface area contributed by atoms with Crippen LogP contribution in [0.5, 0.6) is 0 Å². The second-order valence-corrected chi connectivity index (χ2v) is 7.30. The zero-order valence-corrected chi connectivity index (χ0v) is 15.3. The molecule has 2 saturated heterocycles. The van der Waals surface area contributed by atoms with Crippen LogP contribution in [-0.2, 0) is 0 Å². The summed E-state index contributed by atoms with van der Waals surface area (Å²) in [6.45, 7) is 7.11. The molecular formula is C21H26ClN3. The summed E-state index contributed by atoms with van der Waals surface area (Å²) >= 11 is 0. The fraction of sp³-hybridized carbons (Fsp3) is 0.429. The van der Waals surface area contributed by atoms with Gasteiger partial charge < -0.3 is 5.32 Å². The van der Waals surface area contributed by atoms with Crippen molar-refractivity contribution in [3.8, 4) is 11.1 Å². The number of halogens is 1. The van der Waals surface area contributed by atoms with Gasteiger partial charge in [0.1, 0.15) is 0 Å². The Kier molecular flexibility index (Phi) is 4.83. The summed E-state index contributed by atoms with van der Waals surface area (Å²) in [5.41, 5.74) is 5.85. The third-order valence-corrected chi connectivity index (χ3v) is 6.07. The summed E-state index contributed by atoms with van der Waals surface area (Å²) in [4.78, 5) is 5.40. The quantitative estimate of drug-likeness (QED) is 0.892. The third-order valence-electron chi connectivity index (χ3n) is 6.07. The maximum absolute atomic E-state index is 3.51. The van der Waals surface area contributed by atoms with Gasteiger partial charge >= 0.3 is 0 Å². The van der Waals surface area contributed by atoms with Crippen LogP contribution in [0.15, 0.2) is 48.5 Å². The molecule has 2 fully saturated rings. The Balaban J connectivity index is 0.00000157. The third kappa shape index (κ3) is 2.89. The van der Waals surface area contributed by atoms with Crippen molar-refractivity contribution in [2.24, 2.45) is 0 Å². The molecule has 2 heterocycles. The average Bonchev–Trinajstić information content (AvgIpc) is 3.28. The van der Waals surface area contributed by atoms with Crippen LogP contribution >= 0.6 is 12.4 Å². The molecule has 25 heavy (non-hydrogen) atoms. The summed E-state index contributed by atoms with van der Waals surface area (Å²) in [6, 6.07) is 19.2. The van der Waals surface area contributed by atoms with Crippen LogP contribution in [0.25, 0.3) is 11.1 Å². The number of nitrogens with zero attached hydrogens (tertiary/aromatic N) is 2. The summed E-state index contributed by atoms with van der Waals surface area (Å²) in [7, 11) is 0. The first kappa shape index (κ1) is 17.0. The predicted molar refractivity (Wildman–Crippen MR) is 105 cm³/mol. The fourth-order valence-electron chi connectivity index (χ4n) is 4.83. The molecule has 5 rings (SSSR count). The van der Waals surface area contributed by atoms with Crippen molar-refractivity contribution >= 4 is 12.4 Å². The summed E-state index contributed by atoms with van der Waals surface area (Å²) in [5.74, 6) is 0. The van der Waals surface area contributed by atoms with Crippen LogP contribution in [0.3, 0.4) is 0 Å². The molecule has 0 saturated carbocycles. The Labute approximate surface area is 156 Å². The monoisotopic (exact) mass is 355 g/mol. The first-order valence-electron chi connectivity index (χ1n) is 9.29. The molecule has 0 amide bonds. The minimum atomic E-state index is 0. The van der Waals surface area contributed by atoms with Crippen LogP contribution in [0.2, 0.25) is 0 Å². The molecule has 3 nitrogen and oxygen atoms in total. The molecule has 2 aromatic rings. The van der Waals surface area contributed by atoms with E-state index < -0.39 is 0 Å². The van der Waals surface area contributed by atoms with E-state index in [0.29, 0.717) is 6.04 Å². The number of nitrogens with one attached hydrogen (secondary N) is 1. The van der Waals surface area contributed by atoms with Crippen LogP contribution in [-0.4, -0.2) is 55.1 Å². The Hall–Kier alpha value is -1.39. The Morgan fingerprint density at radius 2 is 1.32 bits per heavy atom. The molecule has 1 atom stereocenters. The molecule has 1 aliphatic carbocycles. The summed E-state index contributed by atoms with van der Waals surface area (Å²) in [5, 5.41) is 3.51. The first-order chi connectivity index (χ1) is 11.9. The van der Waals surface area contributed by atoms with Crippen molar-refractivity contribution in [1.82, 2.24) is 15.1 Å². The molecule has 0 bridgehead atoms. The van der Waals surface area contributed by atoms with E-state index in [1.807, 2.05) is 0 Å². The van der Waals surface area contributed by atoms with Gasteiger partial charge in [-0.3, -0.25) is 9.80 Å². The molecule has 0 spiro atoms. The number of fused-ring (bicyclic) bond motifs is 3. The minimum Gasteiger partial charge on any atom is -0.315 e. The molecule has 1 N–H and O–H groups in total. The van der Waals surface area contributed by atoms with Crippen LogP contribution in [0, 0.1) is 0 Å². The molecule has 2 aliphatic heterocycles. The lowest BCUT2D eigenvalue weighted by atomic mass is 10.0. The molecular weight excluding hydrogens is 330 g/mol. The normalized spacial score (nSPS) is 23.9. The van der Waals surface area contributed by atoms with E-state index in [1.54, 1.807) is 0 Å². The number of rotatable bonds is 2. The highest BCUT2D eigenvalue weighted by Crippen LogP contribution is 2.46.